The minimum absolute atomic E-state index is 0.0947. The smallest absolute Gasteiger partial charge is 0.342 e. The van der Waals surface area contributed by atoms with Gasteiger partial charge in [-0.3, -0.25) is 4.90 Å². The maximum absolute atomic E-state index is 11.0. The maximum atomic E-state index is 11.0. The number of nitrogens with one attached hydrogen (secondary N) is 1. The zero-order valence-corrected chi connectivity index (χ0v) is 11.8. The molecule has 0 aromatic carbocycles. The van der Waals surface area contributed by atoms with Gasteiger partial charge in [0.2, 0.25) is 0 Å². The second kappa shape index (κ2) is 5.49. The number of aromatic nitrogens is 2. The Hall–Kier alpha value is -1.47. The molecule has 1 aromatic heterocycles. The molecule has 20 heavy (non-hydrogen) atoms. The second-order valence-corrected chi connectivity index (χ2v) is 5.79. The van der Waals surface area contributed by atoms with E-state index in [1.54, 1.807) is 4.57 Å². The Morgan fingerprint density at radius 3 is 3.10 bits per heavy atom. The Kier molecular flexibility index (Phi) is 3.71. The fraction of sp³-hybridized carbons (Fsp3) is 0.769. The third-order valence-electron chi connectivity index (χ3n) is 4.54. The zero-order valence-electron chi connectivity index (χ0n) is 11.8. The van der Waals surface area contributed by atoms with E-state index >= 15 is 0 Å². The van der Waals surface area contributed by atoms with Gasteiger partial charge >= 0.3 is 5.82 Å². The molecule has 7 nitrogen and oxygen atoms in total. The van der Waals surface area contributed by atoms with Crippen molar-refractivity contribution in [1.29, 1.82) is 0 Å². The number of nitro groups is 1. The molecule has 2 fully saturated rings. The molecule has 1 aromatic rings. The van der Waals surface area contributed by atoms with Crippen LogP contribution in [0, 0.1) is 23.0 Å². The van der Waals surface area contributed by atoms with E-state index in [-0.39, 0.29) is 10.7 Å². The van der Waals surface area contributed by atoms with E-state index in [9.17, 15) is 10.1 Å². The van der Waals surface area contributed by atoms with Crippen LogP contribution in [0.3, 0.4) is 0 Å². The molecule has 7 heteroatoms. The topological polar surface area (TPSA) is 76.2 Å². The summed E-state index contributed by atoms with van der Waals surface area (Å²) in [7, 11) is 0. The van der Waals surface area contributed by atoms with Crippen LogP contribution in [0.2, 0.25) is 0 Å². The molecule has 2 aliphatic rings. The molecular weight excluding hydrogens is 258 g/mol. The summed E-state index contributed by atoms with van der Waals surface area (Å²) in [4.78, 5) is 17.1. The van der Waals surface area contributed by atoms with Gasteiger partial charge in [-0.25, -0.2) is 9.55 Å². The number of aryl methyl sites for hydroxylation is 1. The van der Waals surface area contributed by atoms with E-state index in [1.165, 1.54) is 19.0 Å². The molecule has 110 valence electrons. The molecule has 0 bridgehead atoms. The van der Waals surface area contributed by atoms with Crippen LogP contribution in [0.5, 0.6) is 0 Å². The fourth-order valence-electron chi connectivity index (χ4n) is 3.44. The number of imidazole rings is 1. The summed E-state index contributed by atoms with van der Waals surface area (Å²) in [5, 5.41) is 14.5. The average molecular weight is 279 g/mol. The lowest BCUT2D eigenvalue weighted by Crippen LogP contribution is -2.40. The van der Waals surface area contributed by atoms with Gasteiger partial charge in [0.05, 0.1) is 0 Å². The van der Waals surface area contributed by atoms with Crippen LogP contribution in [-0.4, -0.2) is 51.6 Å². The Labute approximate surface area is 118 Å². The Morgan fingerprint density at radius 2 is 2.35 bits per heavy atom. The number of likely N-dealkylation sites (tertiary alicyclic amines) is 1. The van der Waals surface area contributed by atoms with Crippen molar-refractivity contribution < 1.29 is 4.92 Å². The summed E-state index contributed by atoms with van der Waals surface area (Å²) in [5.41, 5.74) is 0. The third-order valence-corrected chi connectivity index (χ3v) is 4.54. The van der Waals surface area contributed by atoms with E-state index in [1.807, 2.05) is 6.92 Å². The van der Waals surface area contributed by atoms with Crippen LogP contribution < -0.4 is 5.32 Å². The Balaban J connectivity index is 1.60. The van der Waals surface area contributed by atoms with Crippen molar-refractivity contribution in [3.05, 3.63) is 22.1 Å². The third kappa shape index (κ3) is 2.55. The van der Waals surface area contributed by atoms with E-state index in [2.05, 4.69) is 15.2 Å². The van der Waals surface area contributed by atoms with Crippen molar-refractivity contribution in [1.82, 2.24) is 19.8 Å². The average Bonchev–Trinajstić information content (AvgIpc) is 2.99. The first-order valence-electron chi connectivity index (χ1n) is 7.27. The molecule has 2 atom stereocenters. The first-order chi connectivity index (χ1) is 9.65. The van der Waals surface area contributed by atoms with Crippen LogP contribution in [0.25, 0.3) is 0 Å². The fourth-order valence-corrected chi connectivity index (χ4v) is 3.44. The van der Waals surface area contributed by atoms with Crippen molar-refractivity contribution in [2.45, 2.75) is 32.4 Å². The molecule has 0 aliphatic carbocycles. The number of hydrogen-bond donors (Lipinski definition) is 1. The summed E-state index contributed by atoms with van der Waals surface area (Å²) in [6.45, 7) is 6.61. The monoisotopic (exact) mass is 279 g/mol. The zero-order chi connectivity index (χ0) is 14.1. The molecule has 0 unspecified atom stereocenters. The molecule has 3 heterocycles. The van der Waals surface area contributed by atoms with E-state index in [0.29, 0.717) is 18.4 Å². The number of rotatable bonds is 4. The van der Waals surface area contributed by atoms with E-state index in [4.69, 9.17) is 0 Å². The van der Waals surface area contributed by atoms with Crippen LogP contribution >= 0.6 is 0 Å². The first kappa shape index (κ1) is 13.5. The molecular formula is C13H21N5O2. The largest absolute Gasteiger partial charge is 0.358 e. The van der Waals surface area contributed by atoms with Gasteiger partial charge in [-0.05, 0) is 30.2 Å². The molecule has 2 saturated heterocycles. The lowest BCUT2D eigenvalue weighted by molar-refractivity contribution is -0.392. The van der Waals surface area contributed by atoms with Gasteiger partial charge in [-0.1, -0.05) is 0 Å². The highest BCUT2D eigenvalue weighted by Gasteiger charge is 2.34. The Bertz CT molecular complexity index is 487. The maximum Gasteiger partial charge on any atom is 0.342 e. The van der Waals surface area contributed by atoms with Crippen molar-refractivity contribution in [2.24, 2.45) is 5.92 Å². The lowest BCUT2D eigenvalue weighted by Gasteiger charge is -2.24. The van der Waals surface area contributed by atoms with Gasteiger partial charge in [-0.2, -0.15) is 0 Å². The standard InChI is InChI=1S/C13H21N5O2/c1-10-15-7-13(18(19)20)17(10)6-5-16-8-11-3-2-4-14-12(11)9-16/h7,11-12,14H,2-6,8-9H2,1H3/t11-,12+/m0/s1. The molecule has 3 rings (SSSR count). The number of fused-ring (bicyclic) bond motifs is 1. The molecule has 0 spiro atoms. The van der Waals surface area contributed by atoms with Gasteiger partial charge in [0, 0.05) is 32.6 Å². The van der Waals surface area contributed by atoms with Crippen molar-refractivity contribution >= 4 is 5.82 Å². The minimum atomic E-state index is -0.356. The van der Waals surface area contributed by atoms with E-state index < -0.39 is 0 Å². The highest BCUT2D eigenvalue weighted by atomic mass is 16.6. The summed E-state index contributed by atoms with van der Waals surface area (Å²) < 4.78 is 1.70. The summed E-state index contributed by atoms with van der Waals surface area (Å²) in [6.07, 6.45) is 3.92. The van der Waals surface area contributed by atoms with E-state index in [0.717, 1.165) is 32.1 Å². The second-order valence-electron chi connectivity index (χ2n) is 5.79. The molecule has 0 saturated carbocycles. The SMILES string of the molecule is Cc1ncc([N+](=O)[O-])n1CCN1C[C@@H]2CCCN[C@@H]2C1. The van der Waals surface area contributed by atoms with Crippen molar-refractivity contribution in [3.63, 3.8) is 0 Å². The Morgan fingerprint density at radius 1 is 1.50 bits per heavy atom. The van der Waals surface area contributed by atoms with Crippen LogP contribution in [0.1, 0.15) is 18.7 Å². The summed E-state index contributed by atoms with van der Waals surface area (Å²) >= 11 is 0. The van der Waals surface area contributed by atoms with Gasteiger partial charge < -0.3 is 15.4 Å². The first-order valence-corrected chi connectivity index (χ1v) is 7.27. The van der Waals surface area contributed by atoms with Gasteiger partial charge in [0.1, 0.15) is 12.7 Å². The predicted molar refractivity (Wildman–Crippen MR) is 74.6 cm³/mol. The highest BCUT2D eigenvalue weighted by Crippen LogP contribution is 2.25. The van der Waals surface area contributed by atoms with Crippen LogP contribution in [0.4, 0.5) is 5.82 Å². The van der Waals surface area contributed by atoms with Crippen LogP contribution in [-0.2, 0) is 6.54 Å². The summed E-state index contributed by atoms with van der Waals surface area (Å²) in [5.74, 6) is 1.56. The molecule has 0 amide bonds. The predicted octanol–water partition coefficient (Wildman–Crippen LogP) is 0.784. The number of hydrogen-bond acceptors (Lipinski definition) is 5. The molecule has 1 N–H and O–H groups in total. The van der Waals surface area contributed by atoms with Gasteiger partial charge in [-0.15, -0.1) is 0 Å². The minimum Gasteiger partial charge on any atom is -0.358 e. The van der Waals surface area contributed by atoms with Crippen LogP contribution in [0.15, 0.2) is 6.20 Å². The molecule has 0 radical (unpaired) electrons. The normalized spacial score (nSPS) is 26.6. The highest BCUT2D eigenvalue weighted by molar-refractivity contribution is 5.18. The van der Waals surface area contributed by atoms with Crippen molar-refractivity contribution in [3.8, 4) is 0 Å². The summed E-state index contributed by atoms with van der Waals surface area (Å²) in [6, 6.07) is 0.614. The van der Waals surface area contributed by atoms with Crippen molar-refractivity contribution in [2.75, 3.05) is 26.2 Å². The van der Waals surface area contributed by atoms with Gasteiger partial charge in [0.25, 0.3) is 0 Å². The molecule has 2 aliphatic heterocycles. The number of nitrogens with zero attached hydrogens (tertiary/aromatic N) is 4. The lowest BCUT2D eigenvalue weighted by atomic mass is 9.94. The quantitative estimate of drug-likeness (QED) is 0.651. The van der Waals surface area contributed by atoms with Gasteiger partial charge in [0.15, 0.2) is 5.82 Å². The number of piperidine rings is 1.